The van der Waals surface area contributed by atoms with Crippen LogP contribution >= 0.6 is 0 Å². The van der Waals surface area contributed by atoms with Crippen molar-refractivity contribution in [3.8, 4) is 11.1 Å². The van der Waals surface area contributed by atoms with Crippen molar-refractivity contribution in [3.63, 3.8) is 0 Å². The third-order valence-electron chi connectivity index (χ3n) is 5.59. The van der Waals surface area contributed by atoms with Crippen molar-refractivity contribution in [2.45, 2.75) is 25.6 Å². The molecule has 34 heavy (non-hydrogen) atoms. The lowest BCUT2D eigenvalue weighted by Gasteiger charge is -2.27. The Bertz CT molecular complexity index is 1370. The first kappa shape index (κ1) is 23.2. The number of halogens is 3. The Morgan fingerprint density at radius 3 is 2.62 bits per heavy atom. The molecule has 0 spiro atoms. The SMILES string of the molecule is Cc1ccc(-c2ccn3nc(N)nc3c2)c(F)c1C(=O)NC[C@@](C)(F)[C@H](O)c1ccc(F)cc1. The Hall–Kier alpha value is -3.92. The highest BCUT2D eigenvalue weighted by molar-refractivity contribution is 5.97. The Balaban J connectivity index is 1.57. The molecule has 0 aliphatic carbocycles. The van der Waals surface area contributed by atoms with E-state index >= 15 is 8.78 Å². The number of nitrogen functional groups attached to an aromatic ring is 1. The molecule has 2 heterocycles. The normalized spacial score (nSPS) is 14.1. The van der Waals surface area contributed by atoms with Crippen molar-refractivity contribution in [2.24, 2.45) is 0 Å². The molecule has 1 amide bonds. The number of hydrogen-bond acceptors (Lipinski definition) is 5. The summed E-state index contributed by atoms with van der Waals surface area (Å²) in [6, 6.07) is 11.0. The highest BCUT2D eigenvalue weighted by atomic mass is 19.1. The second kappa shape index (κ2) is 8.79. The summed E-state index contributed by atoms with van der Waals surface area (Å²) in [5.74, 6) is -2.07. The molecule has 4 N–H and O–H groups in total. The van der Waals surface area contributed by atoms with Gasteiger partial charge in [0, 0.05) is 11.8 Å². The summed E-state index contributed by atoms with van der Waals surface area (Å²) in [7, 11) is 0. The van der Waals surface area contributed by atoms with Gasteiger partial charge in [-0.2, -0.15) is 4.98 Å². The van der Waals surface area contributed by atoms with Crippen LogP contribution in [0.15, 0.2) is 54.7 Å². The molecule has 4 aromatic rings. The number of anilines is 1. The largest absolute Gasteiger partial charge is 0.385 e. The van der Waals surface area contributed by atoms with Gasteiger partial charge >= 0.3 is 0 Å². The molecule has 0 bridgehead atoms. The topological polar surface area (TPSA) is 106 Å². The molecule has 0 saturated carbocycles. The fourth-order valence-corrected chi connectivity index (χ4v) is 3.67. The van der Waals surface area contributed by atoms with Crippen LogP contribution in [0.1, 0.15) is 34.5 Å². The van der Waals surface area contributed by atoms with Crippen LogP contribution in [0.5, 0.6) is 0 Å². The average molecular weight is 469 g/mol. The first-order valence-corrected chi connectivity index (χ1v) is 10.4. The molecule has 4 rings (SSSR count). The third kappa shape index (κ3) is 4.44. The van der Waals surface area contributed by atoms with Gasteiger partial charge in [-0.15, -0.1) is 5.10 Å². The van der Waals surface area contributed by atoms with Crippen molar-refractivity contribution in [1.82, 2.24) is 19.9 Å². The standard InChI is InChI=1S/C24H22F3N5O2/c1-13-3-8-17(15-9-10-32-18(11-15)30-23(28)31-32)20(26)19(13)22(34)29-12-24(2,27)21(33)14-4-6-16(25)7-5-14/h3-11,21,33H,12H2,1-2H3,(H2,28,31)(H,29,34)/t21-,24-/m1/s1. The molecule has 10 heteroatoms. The molecule has 7 nitrogen and oxygen atoms in total. The van der Waals surface area contributed by atoms with E-state index in [9.17, 15) is 14.3 Å². The number of benzene rings is 2. The zero-order chi connectivity index (χ0) is 24.6. The number of hydrogen-bond donors (Lipinski definition) is 3. The quantitative estimate of drug-likeness (QED) is 0.399. The summed E-state index contributed by atoms with van der Waals surface area (Å²) < 4.78 is 45.2. The van der Waals surface area contributed by atoms with E-state index in [2.05, 4.69) is 15.4 Å². The molecule has 0 aliphatic heterocycles. The molecular weight excluding hydrogens is 447 g/mol. The first-order chi connectivity index (χ1) is 16.1. The summed E-state index contributed by atoms with van der Waals surface area (Å²) in [6.07, 6.45) is -0.0636. The number of carbonyl (C=O) groups is 1. The van der Waals surface area contributed by atoms with Crippen LogP contribution in [0.2, 0.25) is 0 Å². The molecular formula is C24H22F3N5O2. The van der Waals surface area contributed by atoms with Gasteiger partial charge in [0.25, 0.3) is 5.91 Å². The number of carbonyl (C=O) groups excluding carboxylic acids is 1. The Kier molecular flexibility index (Phi) is 6.01. The Labute approximate surface area is 193 Å². The molecule has 2 atom stereocenters. The second-order valence-electron chi connectivity index (χ2n) is 8.22. The van der Waals surface area contributed by atoms with Crippen LogP contribution in [0.4, 0.5) is 19.1 Å². The highest BCUT2D eigenvalue weighted by Crippen LogP contribution is 2.30. The van der Waals surface area contributed by atoms with Gasteiger partial charge in [-0.25, -0.2) is 17.7 Å². The van der Waals surface area contributed by atoms with Gasteiger partial charge < -0.3 is 16.2 Å². The van der Waals surface area contributed by atoms with E-state index in [1.807, 2.05) is 0 Å². The zero-order valence-electron chi connectivity index (χ0n) is 18.4. The number of pyridine rings is 1. The Morgan fingerprint density at radius 1 is 1.21 bits per heavy atom. The number of aromatic nitrogens is 3. The van der Waals surface area contributed by atoms with Crippen LogP contribution in [0, 0.1) is 18.6 Å². The van der Waals surface area contributed by atoms with Crippen LogP contribution in [-0.4, -0.2) is 37.8 Å². The van der Waals surface area contributed by atoms with Crippen LogP contribution in [0.3, 0.4) is 0 Å². The minimum atomic E-state index is -2.30. The van der Waals surface area contributed by atoms with Gasteiger partial charge in [0.1, 0.15) is 17.7 Å². The third-order valence-corrected chi connectivity index (χ3v) is 5.59. The fourth-order valence-electron chi connectivity index (χ4n) is 3.67. The number of nitrogens with zero attached hydrogens (tertiary/aromatic N) is 3. The monoisotopic (exact) mass is 469 g/mol. The van der Waals surface area contributed by atoms with Crippen molar-refractivity contribution in [1.29, 1.82) is 0 Å². The number of rotatable bonds is 6. The smallest absolute Gasteiger partial charge is 0.254 e. The number of nitrogens with one attached hydrogen (secondary N) is 1. The summed E-state index contributed by atoms with van der Waals surface area (Å²) in [6.45, 7) is 2.06. The lowest BCUT2D eigenvalue weighted by atomic mass is 9.94. The Morgan fingerprint density at radius 2 is 1.91 bits per heavy atom. The van der Waals surface area contributed by atoms with E-state index in [-0.39, 0.29) is 22.6 Å². The fraction of sp³-hybridized carbons (Fsp3) is 0.208. The molecule has 176 valence electrons. The lowest BCUT2D eigenvalue weighted by molar-refractivity contribution is 0.00351. The molecule has 2 aromatic carbocycles. The van der Waals surface area contributed by atoms with Crippen LogP contribution in [-0.2, 0) is 0 Å². The van der Waals surface area contributed by atoms with Crippen LogP contribution < -0.4 is 11.1 Å². The van der Waals surface area contributed by atoms with E-state index in [0.717, 1.165) is 19.1 Å². The number of amides is 1. The zero-order valence-corrected chi connectivity index (χ0v) is 18.4. The summed E-state index contributed by atoms with van der Waals surface area (Å²) in [5, 5.41) is 16.7. The summed E-state index contributed by atoms with van der Waals surface area (Å²) in [4.78, 5) is 16.9. The number of aliphatic hydroxyl groups is 1. The van der Waals surface area contributed by atoms with Crippen molar-refractivity contribution >= 4 is 17.5 Å². The van der Waals surface area contributed by atoms with Gasteiger partial charge in [0.15, 0.2) is 11.3 Å². The molecule has 0 unspecified atom stereocenters. The van der Waals surface area contributed by atoms with Gasteiger partial charge in [-0.05, 0) is 54.8 Å². The molecule has 0 aliphatic rings. The first-order valence-electron chi connectivity index (χ1n) is 10.4. The van der Waals surface area contributed by atoms with Gasteiger partial charge in [-0.1, -0.05) is 24.3 Å². The number of fused-ring (bicyclic) bond motifs is 1. The maximum absolute atomic E-state index is 15.4. The van der Waals surface area contributed by atoms with E-state index < -0.39 is 35.9 Å². The molecule has 0 fully saturated rings. The number of aliphatic hydroxyl groups excluding tert-OH is 1. The molecule has 0 saturated heterocycles. The minimum Gasteiger partial charge on any atom is -0.385 e. The average Bonchev–Trinajstić information content (AvgIpc) is 3.17. The van der Waals surface area contributed by atoms with Crippen molar-refractivity contribution < 1.29 is 23.1 Å². The predicted octanol–water partition coefficient (Wildman–Crippen LogP) is 3.76. The van der Waals surface area contributed by atoms with E-state index in [4.69, 9.17) is 5.73 Å². The maximum atomic E-state index is 15.4. The number of nitrogens with two attached hydrogens (primary N) is 1. The lowest BCUT2D eigenvalue weighted by Crippen LogP contribution is -2.42. The highest BCUT2D eigenvalue weighted by Gasteiger charge is 2.35. The van der Waals surface area contributed by atoms with Crippen molar-refractivity contribution in [2.75, 3.05) is 12.3 Å². The van der Waals surface area contributed by atoms with Crippen molar-refractivity contribution in [3.05, 3.63) is 83.1 Å². The second-order valence-corrected chi connectivity index (χ2v) is 8.22. The number of aryl methyl sites for hydroxylation is 1. The van der Waals surface area contributed by atoms with Crippen LogP contribution in [0.25, 0.3) is 16.8 Å². The minimum absolute atomic E-state index is 0.0682. The molecule has 0 radical (unpaired) electrons. The maximum Gasteiger partial charge on any atom is 0.254 e. The van der Waals surface area contributed by atoms with Gasteiger partial charge in [0.2, 0.25) is 5.95 Å². The summed E-state index contributed by atoms with van der Waals surface area (Å²) in [5.41, 5.74) is 4.56. The van der Waals surface area contributed by atoms with E-state index in [1.165, 1.54) is 22.7 Å². The van der Waals surface area contributed by atoms with E-state index in [0.29, 0.717) is 16.8 Å². The predicted molar refractivity (Wildman–Crippen MR) is 121 cm³/mol. The number of alkyl halides is 1. The van der Waals surface area contributed by atoms with E-state index in [1.54, 1.807) is 31.3 Å². The molecule has 2 aromatic heterocycles. The summed E-state index contributed by atoms with van der Waals surface area (Å²) >= 11 is 0. The van der Waals surface area contributed by atoms with Gasteiger partial charge in [-0.3, -0.25) is 4.79 Å². The van der Waals surface area contributed by atoms with Gasteiger partial charge in [0.05, 0.1) is 12.1 Å².